The lowest BCUT2D eigenvalue weighted by Crippen LogP contribution is -2.39. The first kappa shape index (κ1) is 20.0. The van der Waals surface area contributed by atoms with Crippen LogP contribution in [0, 0.1) is 0 Å². The number of amides is 1. The molecule has 0 saturated carbocycles. The number of hydrogen-bond acceptors (Lipinski definition) is 4. The molecule has 1 aliphatic rings. The van der Waals surface area contributed by atoms with E-state index in [1.807, 2.05) is 75.4 Å². The fourth-order valence-corrected chi connectivity index (χ4v) is 3.36. The number of ether oxygens (including phenoxy) is 2. The van der Waals surface area contributed by atoms with Crippen molar-refractivity contribution < 1.29 is 14.3 Å². The quantitative estimate of drug-likeness (QED) is 0.667. The second kappa shape index (κ2) is 8.22. The highest BCUT2D eigenvalue weighted by atomic mass is 16.6. The summed E-state index contributed by atoms with van der Waals surface area (Å²) >= 11 is 0. The lowest BCUT2D eigenvalue weighted by Gasteiger charge is -2.29. The van der Waals surface area contributed by atoms with Gasteiger partial charge in [0.25, 0.3) is 0 Å². The standard InChI is InChI=1S/C24H27N3O3/c1-24(2,3)30-23(28)27-14-13-20-21(15-27)26-22(25-20)18-9-11-19(12-10-18)29-16-17-7-5-4-6-8-17/h4-12H,13-16H2,1-3H3,(H,25,26). The van der Waals surface area contributed by atoms with Crippen LogP contribution in [0.15, 0.2) is 54.6 Å². The minimum absolute atomic E-state index is 0.288. The first-order chi connectivity index (χ1) is 14.4. The Morgan fingerprint density at radius 2 is 1.83 bits per heavy atom. The van der Waals surface area contributed by atoms with Gasteiger partial charge in [0.15, 0.2) is 0 Å². The number of carbonyl (C=O) groups excluding carboxylic acids is 1. The maximum Gasteiger partial charge on any atom is 0.410 e. The summed E-state index contributed by atoms with van der Waals surface area (Å²) < 4.78 is 11.3. The van der Waals surface area contributed by atoms with Crippen LogP contribution >= 0.6 is 0 Å². The van der Waals surface area contributed by atoms with Gasteiger partial charge in [-0.1, -0.05) is 30.3 Å². The summed E-state index contributed by atoms with van der Waals surface area (Å²) in [5, 5.41) is 0. The third-order valence-corrected chi connectivity index (χ3v) is 4.86. The maximum absolute atomic E-state index is 12.4. The Balaban J connectivity index is 1.41. The molecule has 0 radical (unpaired) electrons. The van der Waals surface area contributed by atoms with Crippen molar-refractivity contribution in [3.63, 3.8) is 0 Å². The molecule has 1 aromatic heterocycles. The van der Waals surface area contributed by atoms with Gasteiger partial charge in [0.1, 0.15) is 23.8 Å². The minimum atomic E-state index is -0.499. The van der Waals surface area contributed by atoms with E-state index in [9.17, 15) is 4.79 Å². The average Bonchev–Trinajstić information content (AvgIpc) is 3.15. The van der Waals surface area contributed by atoms with Gasteiger partial charge < -0.3 is 19.4 Å². The number of nitrogens with one attached hydrogen (secondary N) is 1. The molecule has 6 heteroatoms. The maximum atomic E-state index is 12.4. The smallest absolute Gasteiger partial charge is 0.410 e. The van der Waals surface area contributed by atoms with Crippen molar-refractivity contribution in [3.05, 3.63) is 71.5 Å². The third kappa shape index (κ3) is 4.82. The van der Waals surface area contributed by atoms with Gasteiger partial charge in [-0.05, 0) is 50.6 Å². The molecular formula is C24H27N3O3. The van der Waals surface area contributed by atoms with Gasteiger partial charge in [-0.3, -0.25) is 0 Å². The van der Waals surface area contributed by atoms with E-state index in [0.717, 1.165) is 34.1 Å². The van der Waals surface area contributed by atoms with Gasteiger partial charge in [-0.2, -0.15) is 0 Å². The normalized spacial score (nSPS) is 13.6. The van der Waals surface area contributed by atoms with E-state index in [0.29, 0.717) is 26.1 Å². The number of nitrogens with zero attached hydrogens (tertiary/aromatic N) is 2. The largest absolute Gasteiger partial charge is 0.489 e. The molecule has 1 amide bonds. The molecule has 2 heterocycles. The molecule has 0 bridgehead atoms. The number of hydrogen-bond donors (Lipinski definition) is 1. The van der Waals surface area contributed by atoms with Crippen molar-refractivity contribution in [2.45, 2.75) is 45.9 Å². The molecule has 0 atom stereocenters. The zero-order valence-corrected chi connectivity index (χ0v) is 17.6. The summed E-state index contributed by atoms with van der Waals surface area (Å²) in [5.74, 6) is 1.62. The predicted molar refractivity (Wildman–Crippen MR) is 115 cm³/mol. The lowest BCUT2D eigenvalue weighted by atomic mass is 10.1. The molecule has 1 aliphatic heterocycles. The second-order valence-corrected chi connectivity index (χ2v) is 8.46. The summed E-state index contributed by atoms with van der Waals surface area (Å²) in [5.41, 5.74) is 3.59. The van der Waals surface area contributed by atoms with Crippen molar-refractivity contribution in [1.82, 2.24) is 14.9 Å². The van der Waals surface area contributed by atoms with Crippen molar-refractivity contribution in [2.24, 2.45) is 0 Å². The van der Waals surface area contributed by atoms with Gasteiger partial charge in [0, 0.05) is 18.5 Å². The van der Waals surface area contributed by atoms with Crippen molar-refractivity contribution in [1.29, 1.82) is 0 Å². The zero-order chi connectivity index (χ0) is 21.1. The SMILES string of the molecule is CC(C)(C)OC(=O)N1CCc2nc(-c3ccc(OCc4ccccc4)cc3)[nH]c2C1. The Kier molecular flexibility index (Phi) is 5.48. The Bertz CT molecular complexity index is 1000. The summed E-state index contributed by atoms with van der Waals surface area (Å²) in [6.07, 6.45) is 0.424. The third-order valence-electron chi connectivity index (χ3n) is 4.86. The molecule has 1 N–H and O–H groups in total. The van der Waals surface area contributed by atoms with Crippen LogP contribution in [0.5, 0.6) is 5.75 Å². The Morgan fingerprint density at radius 1 is 1.10 bits per heavy atom. The van der Waals surface area contributed by atoms with Gasteiger partial charge in [0.2, 0.25) is 0 Å². The summed E-state index contributed by atoms with van der Waals surface area (Å²) in [7, 11) is 0. The number of benzene rings is 2. The Labute approximate surface area is 176 Å². The van der Waals surface area contributed by atoms with E-state index in [2.05, 4.69) is 4.98 Å². The number of fused-ring (bicyclic) bond motifs is 1. The summed E-state index contributed by atoms with van der Waals surface area (Å²) in [4.78, 5) is 22.2. The van der Waals surface area contributed by atoms with Crippen LogP contribution in [-0.4, -0.2) is 33.1 Å². The minimum Gasteiger partial charge on any atom is -0.489 e. The summed E-state index contributed by atoms with van der Waals surface area (Å²) in [6, 6.07) is 18.0. The molecule has 0 aliphatic carbocycles. The molecule has 30 heavy (non-hydrogen) atoms. The average molecular weight is 405 g/mol. The van der Waals surface area contributed by atoms with Gasteiger partial charge in [-0.25, -0.2) is 9.78 Å². The number of imidazole rings is 1. The van der Waals surface area contributed by atoms with Crippen molar-refractivity contribution in [2.75, 3.05) is 6.54 Å². The number of aromatic nitrogens is 2. The van der Waals surface area contributed by atoms with Crippen LogP contribution in [0.2, 0.25) is 0 Å². The van der Waals surface area contributed by atoms with E-state index in [-0.39, 0.29) is 6.09 Å². The van der Waals surface area contributed by atoms with Gasteiger partial charge >= 0.3 is 6.09 Å². The molecule has 0 spiro atoms. The van der Waals surface area contributed by atoms with Gasteiger partial charge in [-0.15, -0.1) is 0 Å². The van der Waals surface area contributed by atoms with Crippen LogP contribution in [0.4, 0.5) is 4.79 Å². The topological polar surface area (TPSA) is 67.4 Å². The molecule has 2 aromatic carbocycles. The molecule has 4 rings (SSSR count). The fraction of sp³-hybridized carbons (Fsp3) is 0.333. The number of H-pyrrole nitrogens is 1. The van der Waals surface area contributed by atoms with E-state index in [1.165, 1.54) is 0 Å². The molecule has 6 nitrogen and oxygen atoms in total. The van der Waals surface area contributed by atoms with E-state index >= 15 is 0 Å². The zero-order valence-electron chi connectivity index (χ0n) is 17.6. The first-order valence-corrected chi connectivity index (χ1v) is 10.2. The highest BCUT2D eigenvalue weighted by Gasteiger charge is 2.27. The lowest BCUT2D eigenvalue weighted by molar-refractivity contribution is 0.0221. The molecule has 0 fully saturated rings. The Hall–Kier alpha value is -3.28. The monoisotopic (exact) mass is 405 g/mol. The molecular weight excluding hydrogens is 378 g/mol. The van der Waals surface area contributed by atoms with Crippen LogP contribution in [0.1, 0.15) is 37.7 Å². The Morgan fingerprint density at radius 3 is 2.53 bits per heavy atom. The second-order valence-electron chi connectivity index (χ2n) is 8.46. The van der Waals surface area contributed by atoms with E-state index in [1.54, 1.807) is 4.90 Å². The first-order valence-electron chi connectivity index (χ1n) is 10.2. The van der Waals surface area contributed by atoms with Crippen molar-refractivity contribution in [3.8, 4) is 17.1 Å². The highest BCUT2D eigenvalue weighted by molar-refractivity contribution is 5.68. The summed E-state index contributed by atoms with van der Waals surface area (Å²) in [6.45, 7) is 7.26. The van der Waals surface area contributed by atoms with Crippen LogP contribution < -0.4 is 4.74 Å². The van der Waals surface area contributed by atoms with Crippen molar-refractivity contribution >= 4 is 6.09 Å². The van der Waals surface area contributed by atoms with E-state index in [4.69, 9.17) is 14.5 Å². The number of rotatable bonds is 4. The molecule has 156 valence electrons. The predicted octanol–water partition coefficient (Wildman–Crippen LogP) is 4.95. The number of carbonyl (C=O) groups is 1. The van der Waals surface area contributed by atoms with E-state index < -0.39 is 5.60 Å². The molecule has 0 unspecified atom stereocenters. The van der Waals surface area contributed by atoms with Crippen LogP contribution in [-0.2, 0) is 24.3 Å². The molecule has 0 saturated heterocycles. The van der Waals surface area contributed by atoms with Gasteiger partial charge in [0.05, 0.1) is 17.9 Å². The van der Waals surface area contributed by atoms with Crippen LogP contribution in [0.25, 0.3) is 11.4 Å². The molecule has 3 aromatic rings. The number of aromatic amines is 1. The highest BCUT2D eigenvalue weighted by Crippen LogP contribution is 2.25. The van der Waals surface area contributed by atoms with Crippen LogP contribution in [0.3, 0.4) is 0 Å². The fourth-order valence-electron chi connectivity index (χ4n) is 3.36.